The minimum absolute atomic E-state index is 0.104. The predicted octanol–water partition coefficient (Wildman–Crippen LogP) is 1.40. The lowest BCUT2D eigenvalue weighted by Gasteiger charge is -2.31. The summed E-state index contributed by atoms with van der Waals surface area (Å²) in [7, 11) is 1.84. The fourth-order valence-corrected chi connectivity index (χ4v) is 2.61. The Morgan fingerprint density at radius 1 is 1.33 bits per heavy atom. The molecule has 21 heavy (non-hydrogen) atoms. The zero-order chi connectivity index (χ0) is 14.8. The Balaban J connectivity index is 2.07. The number of anilines is 1. The van der Waals surface area contributed by atoms with Crippen LogP contribution in [-0.2, 0) is 7.05 Å². The van der Waals surface area contributed by atoms with E-state index in [-0.39, 0.29) is 10.6 Å². The molecule has 0 saturated carbocycles. The summed E-state index contributed by atoms with van der Waals surface area (Å²) >= 11 is 0. The van der Waals surface area contributed by atoms with Gasteiger partial charge in [-0.1, -0.05) is 0 Å². The van der Waals surface area contributed by atoms with Crippen molar-refractivity contribution in [1.82, 2.24) is 15.1 Å². The lowest BCUT2D eigenvalue weighted by Crippen LogP contribution is -2.43. The molecule has 1 aliphatic rings. The highest BCUT2D eigenvalue weighted by atomic mass is 16.6. The molecule has 1 fully saturated rings. The molecule has 7 nitrogen and oxygen atoms in total. The summed E-state index contributed by atoms with van der Waals surface area (Å²) < 4.78 is 1.70. The molecule has 2 heterocycles. The van der Waals surface area contributed by atoms with Crippen molar-refractivity contribution in [2.75, 3.05) is 31.1 Å². The molecule has 1 aliphatic heterocycles. The average molecular weight is 287 g/mol. The Hall–Kier alpha value is -2.41. The number of hydrogen-bond donors (Lipinski definition) is 1. The van der Waals surface area contributed by atoms with Gasteiger partial charge in [-0.05, 0) is 6.07 Å². The van der Waals surface area contributed by atoms with Gasteiger partial charge in [-0.25, -0.2) is 0 Å². The monoisotopic (exact) mass is 287 g/mol. The SMILES string of the molecule is Cn1cc(-c2cc([N+](=O)[O-])ccc2N2CCNCC2)cn1. The molecule has 0 spiro atoms. The molecule has 0 unspecified atom stereocenters. The van der Waals surface area contributed by atoms with Crippen molar-refractivity contribution in [2.45, 2.75) is 0 Å². The first-order valence-electron chi connectivity index (χ1n) is 6.88. The molecule has 1 N–H and O–H groups in total. The first kappa shape index (κ1) is 13.6. The van der Waals surface area contributed by atoms with E-state index in [1.807, 2.05) is 19.3 Å². The Morgan fingerprint density at radius 3 is 2.71 bits per heavy atom. The molecular formula is C14H17N5O2. The highest BCUT2D eigenvalue weighted by Crippen LogP contribution is 2.34. The highest BCUT2D eigenvalue weighted by molar-refractivity contribution is 5.80. The smallest absolute Gasteiger partial charge is 0.270 e. The molecule has 1 aromatic heterocycles. The number of nitro benzene ring substituents is 1. The van der Waals surface area contributed by atoms with Crippen LogP contribution in [-0.4, -0.2) is 40.9 Å². The Morgan fingerprint density at radius 2 is 2.10 bits per heavy atom. The first-order chi connectivity index (χ1) is 10.1. The van der Waals surface area contributed by atoms with E-state index in [0.717, 1.165) is 43.0 Å². The molecule has 1 saturated heterocycles. The number of aryl methyl sites for hydroxylation is 1. The van der Waals surface area contributed by atoms with Crippen molar-refractivity contribution < 1.29 is 4.92 Å². The maximum Gasteiger partial charge on any atom is 0.270 e. The fourth-order valence-electron chi connectivity index (χ4n) is 2.61. The van der Waals surface area contributed by atoms with Crippen molar-refractivity contribution in [2.24, 2.45) is 7.05 Å². The fraction of sp³-hybridized carbons (Fsp3) is 0.357. The van der Waals surface area contributed by atoms with Gasteiger partial charge in [0, 0.05) is 68.4 Å². The minimum Gasteiger partial charge on any atom is -0.368 e. The molecule has 0 atom stereocenters. The third kappa shape index (κ3) is 2.73. The number of rotatable bonds is 3. The maximum atomic E-state index is 11.0. The highest BCUT2D eigenvalue weighted by Gasteiger charge is 2.19. The van der Waals surface area contributed by atoms with Crippen LogP contribution in [0.25, 0.3) is 11.1 Å². The van der Waals surface area contributed by atoms with Crippen molar-refractivity contribution in [3.05, 3.63) is 40.7 Å². The van der Waals surface area contributed by atoms with E-state index in [9.17, 15) is 10.1 Å². The van der Waals surface area contributed by atoms with Crippen LogP contribution in [0.1, 0.15) is 0 Å². The standard InChI is InChI=1S/C14H17N5O2/c1-17-10-11(9-16-17)13-8-12(19(20)21)2-3-14(13)18-6-4-15-5-7-18/h2-3,8-10,15H,4-7H2,1H3. The summed E-state index contributed by atoms with van der Waals surface area (Å²) in [5.41, 5.74) is 2.89. The summed E-state index contributed by atoms with van der Waals surface area (Å²) in [4.78, 5) is 12.9. The number of non-ortho nitro benzene ring substituents is 1. The predicted molar refractivity (Wildman–Crippen MR) is 80.4 cm³/mol. The average Bonchev–Trinajstić information content (AvgIpc) is 2.94. The van der Waals surface area contributed by atoms with Gasteiger partial charge in [-0.3, -0.25) is 14.8 Å². The van der Waals surface area contributed by atoms with Gasteiger partial charge in [-0.15, -0.1) is 0 Å². The molecule has 1 aromatic carbocycles. The van der Waals surface area contributed by atoms with Crippen LogP contribution in [0.15, 0.2) is 30.6 Å². The second-order valence-electron chi connectivity index (χ2n) is 5.10. The number of aromatic nitrogens is 2. The molecule has 7 heteroatoms. The first-order valence-corrected chi connectivity index (χ1v) is 6.88. The lowest BCUT2D eigenvalue weighted by molar-refractivity contribution is -0.384. The summed E-state index contributed by atoms with van der Waals surface area (Å²) in [6.07, 6.45) is 3.62. The molecule has 0 radical (unpaired) electrons. The summed E-state index contributed by atoms with van der Waals surface area (Å²) in [6, 6.07) is 5.04. The number of piperazine rings is 1. The van der Waals surface area contributed by atoms with E-state index in [1.54, 1.807) is 23.0 Å². The van der Waals surface area contributed by atoms with Gasteiger partial charge in [0.2, 0.25) is 0 Å². The van der Waals surface area contributed by atoms with E-state index < -0.39 is 0 Å². The van der Waals surface area contributed by atoms with Crippen LogP contribution in [0.3, 0.4) is 0 Å². The minimum atomic E-state index is -0.360. The van der Waals surface area contributed by atoms with Crippen molar-refractivity contribution in [1.29, 1.82) is 0 Å². The van der Waals surface area contributed by atoms with Gasteiger partial charge < -0.3 is 10.2 Å². The maximum absolute atomic E-state index is 11.0. The number of nitrogens with zero attached hydrogens (tertiary/aromatic N) is 4. The van der Waals surface area contributed by atoms with Gasteiger partial charge in [-0.2, -0.15) is 5.10 Å². The van der Waals surface area contributed by atoms with Crippen LogP contribution < -0.4 is 10.2 Å². The summed E-state index contributed by atoms with van der Waals surface area (Å²) in [5, 5.41) is 18.5. The molecule has 3 rings (SSSR count). The normalized spacial score (nSPS) is 15.2. The van der Waals surface area contributed by atoms with Gasteiger partial charge >= 0.3 is 0 Å². The zero-order valence-electron chi connectivity index (χ0n) is 11.8. The van der Waals surface area contributed by atoms with Crippen LogP contribution in [0.2, 0.25) is 0 Å². The van der Waals surface area contributed by atoms with E-state index in [1.165, 1.54) is 0 Å². The van der Waals surface area contributed by atoms with Crippen LogP contribution in [0.5, 0.6) is 0 Å². The number of nitrogens with one attached hydrogen (secondary N) is 1. The quantitative estimate of drug-likeness (QED) is 0.682. The second-order valence-corrected chi connectivity index (χ2v) is 5.10. The van der Waals surface area contributed by atoms with Gasteiger partial charge in [0.05, 0.1) is 11.1 Å². The van der Waals surface area contributed by atoms with Crippen LogP contribution in [0, 0.1) is 10.1 Å². The van der Waals surface area contributed by atoms with E-state index in [2.05, 4.69) is 15.3 Å². The van der Waals surface area contributed by atoms with Crippen molar-refractivity contribution >= 4 is 11.4 Å². The molecule has 110 valence electrons. The molecule has 0 amide bonds. The molecular weight excluding hydrogens is 270 g/mol. The summed E-state index contributed by atoms with van der Waals surface area (Å²) in [5.74, 6) is 0. The second kappa shape index (κ2) is 5.53. The van der Waals surface area contributed by atoms with Crippen LogP contribution >= 0.6 is 0 Å². The number of benzene rings is 1. The number of nitro groups is 1. The molecule has 0 aliphatic carbocycles. The Bertz CT molecular complexity index is 661. The third-order valence-corrected chi connectivity index (χ3v) is 3.66. The van der Waals surface area contributed by atoms with Gasteiger partial charge in [0.15, 0.2) is 0 Å². The Kier molecular flexibility index (Phi) is 3.57. The topological polar surface area (TPSA) is 76.2 Å². The Labute approximate surface area is 122 Å². The zero-order valence-corrected chi connectivity index (χ0v) is 11.8. The molecule has 2 aromatic rings. The number of hydrogen-bond acceptors (Lipinski definition) is 5. The van der Waals surface area contributed by atoms with E-state index in [0.29, 0.717) is 0 Å². The van der Waals surface area contributed by atoms with E-state index in [4.69, 9.17) is 0 Å². The molecule has 0 bridgehead atoms. The summed E-state index contributed by atoms with van der Waals surface area (Å²) in [6.45, 7) is 3.63. The van der Waals surface area contributed by atoms with Crippen molar-refractivity contribution in [3.8, 4) is 11.1 Å². The third-order valence-electron chi connectivity index (χ3n) is 3.66. The van der Waals surface area contributed by atoms with Gasteiger partial charge in [0.1, 0.15) is 0 Å². The van der Waals surface area contributed by atoms with Crippen molar-refractivity contribution in [3.63, 3.8) is 0 Å². The largest absolute Gasteiger partial charge is 0.368 e. The van der Waals surface area contributed by atoms with E-state index >= 15 is 0 Å². The van der Waals surface area contributed by atoms with Crippen LogP contribution in [0.4, 0.5) is 11.4 Å². The lowest BCUT2D eigenvalue weighted by atomic mass is 10.0. The van der Waals surface area contributed by atoms with Gasteiger partial charge in [0.25, 0.3) is 5.69 Å².